The Morgan fingerprint density at radius 3 is 2.69 bits per heavy atom. The second-order valence-electron chi connectivity index (χ2n) is 6.81. The predicted octanol–water partition coefficient (Wildman–Crippen LogP) is 4.17. The number of hydrogen-bond acceptors (Lipinski definition) is 2. The van der Waals surface area contributed by atoms with E-state index in [1.54, 1.807) is 0 Å². The van der Waals surface area contributed by atoms with Crippen LogP contribution in [-0.4, -0.2) is 30.4 Å². The van der Waals surface area contributed by atoms with Gasteiger partial charge in [-0.3, -0.25) is 4.79 Å². The Balaban J connectivity index is 1.56. The minimum Gasteiger partial charge on any atom is -0.338 e. The number of rotatable bonds is 6. The number of nitrogens with zero attached hydrogens (tertiary/aromatic N) is 1. The quantitative estimate of drug-likeness (QED) is 0.841. The molecule has 1 aliphatic rings. The first-order valence-electron chi connectivity index (χ1n) is 9.11. The van der Waals surface area contributed by atoms with Gasteiger partial charge in [0.15, 0.2) is 0 Å². The lowest BCUT2D eigenvalue weighted by molar-refractivity contribution is 0.0787. The van der Waals surface area contributed by atoms with E-state index in [1.807, 2.05) is 42.2 Å². The Kier molecular flexibility index (Phi) is 5.99. The van der Waals surface area contributed by atoms with Crippen LogP contribution in [0.3, 0.4) is 0 Å². The number of amides is 1. The Morgan fingerprint density at radius 2 is 2.00 bits per heavy atom. The van der Waals surface area contributed by atoms with Gasteiger partial charge in [0.1, 0.15) is 11.6 Å². The number of carbonyl (C=O) groups is 1. The summed E-state index contributed by atoms with van der Waals surface area (Å²) in [6.45, 7) is 4.11. The van der Waals surface area contributed by atoms with Crippen LogP contribution < -0.4 is 5.32 Å². The van der Waals surface area contributed by atoms with Crippen molar-refractivity contribution in [2.24, 2.45) is 5.92 Å². The van der Waals surface area contributed by atoms with E-state index < -0.39 is 11.6 Å². The molecule has 0 spiro atoms. The van der Waals surface area contributed by atoms with Gasteiger partial charge in [-0.25, -0.2) is 8.78 Å². The number of halogens is 2. The third kappa shape index (κ3) is 4.28. The molecule has 5 heteroatoms. The molecule has 0 saturated carbocycles. The minimum atomic E-state index is -0.563. The Labute approximate surface area is 153 Å². The highest BCUT2D eigenvalue weighted by Crippen LogP contribution is 2.23. The zero-order valence-corrected chi connectivity index (χ0v) is 14.9. The van der Waals surface area contributed by atoms with Gasteiger partial charge in [0.25, 0.3) is 5.91 Å². The van der Waals surface area contributed by atoms with E-state index in [1.165, 1.54) is 12.1 Å². The molecule has 1 aliphatic heterocycles. The van der Waals surface area contributed by atoms with Gasteiger partial charge in [-0.2, -0.15) is 0 Å². The lowest BCUT2D eigenvalue weighted by Gasteiger charge is -2.21. The predicted molar refractivity (Wildman–Crippen MR) is 97.8 cm³/mol. The summed E-state index contributed by atoms with van der Waals surface area (Å²) in [5.41, 5.74) is 1.20. The summed E-state index contributed by atoms with van der Waals surface area (Å²) < 4.78 is 27.1. The molecular weight excluding hydrogens is 334 g/mol. The smallest absolute Gasteiger partial charge is 0.253 e. The number of likely N-dealkylation sites (tertiary alicyclic amines) is 1. The van der Waals surface area contributed by atoms with E-state index in [9.17, 15) is 13.6 Å². The van der Waals surface area contributed by atoms with Crippen molar-refractivity contribution in [2.45, 2.75) is 25.8 Å². The first-order valence-corrected chi connectivity index (χ1v) is 9.11. The third-order valence-corrected chi connectivity index (χ3v) is 4.99. The molecule has 2 aromatic rings. The molecule has 3 rings (SSSR count). The third-order valence-electron chi connectivity index (χ3n) is 4.99. The molecule has 0 radical (unpaired) electrons. The zero-order valence-electron chi connectivity index (χ0n) is 14.9. The maximum Gasteiger partial charge on any atom is 0.253 e. The largest absolute Gasteiger partial charge is 0.338 e. The standard InChI is InChI=1S/C21H24F2N2O/c1-2-20(18-9-8-17(22)12-19(18)23)24-13-15-10-11-25(14-15)21(26)16-6-4-3-5-7-16/h3-9,12,15,20,24H,2,10-11,13-14H2,1H3/t15-,20-/m0/s1. The van der Waals surface area contributed by atoms with E-state index in [4.69, 9.17) is 0 Å². The monoisotopic (exact) mass is 358 g/mol. The second kappa shape index (κ2) is 8.41. The van der Waals surface area contributed by atoms with Gasteiger partial charge in [0.2, 0.25) is 0 Å². The van der Waals surface area contributed by atoms with Crippen LogP contribution in [0.15, 0.2) is 48.5 Å². The van der Waals surface area contributed by atoms with Gasteiger partial charge >= 0.3 is 0 Å². The van der Waals surface area contributed by atoms with E-state index in [-0.39, 0.29) is 11.9 Å². The van der Waals surface area contributed by atoms with Gasteiger partial charge < -0.3 is 10.2 Å². The van der Waals surface area contributed by atoms with Crippen molar-refractivity contribution >= 4 is 5.91 Å². The van der Waals surface area contributed by atoms with Crippen molar-refractivity contribution < 1.29 is 13.6 Å². The maximum absolute atomic E-state index is 14.0. The summed E-state index contributed by atoms with van der Waals surface area (Å²) in [7, 11) is 0. The normalized spacial score (nSPS) is 18.1. The van der Waals surface area contributed by atoms with Crippen molar-refractivity contribution in [3.8, 4) is 0 Å². The van der Waals surface area contributed by atoms with Crippen molar-refractivity contribution in [1.82, 2.24) is 10.2 Å². The number of carbonyl (C=O) groups excluding carboxylic acids is 1. The average Bonchev–Trinajstić information content (AvgIpc) is 3.12. The summed E-state index contributed by atoms with van der Waals surface area (Å²) in [4.78, 5) is 14.4. The van der Waals surface area contributed by atoms with Gasteiger partial charge in [0.05, 0.1) is 0 Å². The molecule has 26 heavy (non-hydrogen) atoms. The SMILES string of the molecule is CC[C@H](NC[C@@H]1CCN(C(=O)c2ccccc2)C1)c1ccc(F)cc1F. The van der Waals surface area contributed by atoms with Gasteiger partial charge in [-0.05, 0) is 37.0 Å². The first kappa shape index (κ1) is 18.5. The topological polar surface area (TPSA) is 32.3 Å². The van der Waals surface area contributed by atoms with E-state index in [0.29, 0.717) is 36.6 Å². The summed E-state index contributed by atoms with van der Waals surface area (Å²) in [6, 6.07) is 12.9. The molecule has 1 heterocycles. The molecular formula is C21H24F2N2O. The molecule has 0 aliphatic carbocycles. The summed E-state index contributed by atoms with van der Waals surface area (Å²) >= 11 is 0. The fourth-order valence-electron chi connectivity index (χ4n) is 3.51. The molecule has 1 fully saturated rings. The molecule has 0 aromatic heterocycles. The van der Waals surface area contributed by atoms with Gasteiger partial charge in [0, 0.05) is 42.9 Å². The molecule has 2 atom stereocenters. The lowest BCUT2D eigenvalue weighted by atomic mass is 10.0. The molecule has 2 aromatic carbocycles. The molecule has 1 amide bonds. The molecule has 3 nitrogen and oxygen atoms in total. The number of benzene rings is 2. The molecule has 1 saturated heterocycles. The molecule has 0 bridgehead atoms. The molecule has 138 valence electrons. The highest BCUT2D eigenvalue weighted by Gasteiger charge is 2.27. The highest BCUT2D eigenvalue weighted by atomic mass is 19.1. The lowest BCUT2D eigenvalue weighted by Crippen LogP contribution is -2.32. The summed E-state index contributed by atoms with van der Waals surface area (Å²) in [6.07, 6.45) is 1.63. The Hall–Kier alpha value is -2.27. The minimum absolute atomic E-state index is 0.0599. The fraction of sp³-hybridized carbons (Fsp3) is 0.381. The Morgan fingerprint density at radius 1 is 1.23 bits per heavy atom. The van der Waals surface area contributed by atoms with Crippen molar-refractivity contribution in [3.63, 3.8) is 0 Å². The van der Waals surface area contributed by atoms with Crippen LogP contribution in [0.1, 0.15) is 41.7 Å². The average molecular weight is 358 g/mol. The summed E-state index contributed by atoms with van der Waals surface area (Å²) in [5, 5.41) is 3.39. The van der Waals surface area contributed by atoms with Crippen LogP contribution in [0.25, 0.3) is 0 Å². The van der Waals surface area contributed by atoms with Gasteiger partial charge in [-0.15, -0.1) is 0 Å². The van der Waals surface area contributed by atoms with E-state index >= 15 is 0 Å². The van der Waals surface area contributed by atoms with Crippen LogP contribution in [0.5, 0.6) is 0 Å². The first-order chi connectivity index (χ1) is 12.6. The summed E-state index contributed by atoms with van der Waals surface area (Å²) in [5.74, 6) is -0.687. The van der Waals surface area contributed by atoms with Crippen LogP contribution in [0.2, 0.25) is 0 Å². The second-order valence-corrected chi connectivity index (χ2v) is 6.81. The maximum atomic E-state index is 14.0. The van der Waals surface area contributed by atoms with Crippen LogP contribution >= 0.6 is 0 Å². The van der Waals surface area contributed by atoms with E-state index in [0.717, 1.165) is 19.0 Å². The zero-order chi connectivity index (χ0) is 18.5. The molecule has 1 N–H and O–H groups in total. The highest BCUT2D eigenvalue weighted by molar-refractivity contribution is 5.94. The van der Waals surface area contributed by atoms with Crippen molar-refractivity contribution in [3.05, 3.63) is 71.3 Å². The number of hydrogen-bond donors (Lipinski definition) is 1. The Bertz CT molecular complexity index is 751. The van der Waals surface area contributed by atoms with Crippen molar-refractivity contribution in [1.29, 1.82) is 0 Å². The van der Waals surface area contributed by atoms with Gasteiger partial charge in [-0.1, -0.05) is 31.2 Å². The molecule has 0 unspecified atom stereocenters. The van der Waals surface area contributed by atoms with Crippen molar-refractivity contribution in [2.75, 3.05) is 19.6 Å². The van der Waals surface area contributed by atoms with E-state index in [2.05, 4.69) is 5.32 Å². The van der Waals surface area contributed by atoms with Crippen LogP contribution in [0, 0.1) is 17.6 Å². The number of nitrogens with one attached hydrogen (secondary N) is 1. The van der Waals surface area contributed by atoms with Crippen LogP contribution in [-0.2, 0) is 0 Å². The fourth-order valence-corrected chi connectivity index (χ4v) is 3.51. The van der Waals surface area contributed by atoms with Crippen LogP contribution in [0.4, 0.5) is 8.78 Å².